The molecule has 1 amide bonds. The smallest absolute Gasteiger partial charge is 0.312 e. The Bertz CT molecular complexity index is 2050. The fourth-order valence-electron chi connectivity index (χ4n) is 9.16. The van der Waals surface area contributed by atoms with Gasteiger partial charge in [0.15, 0.2) is 5.78 Å². The minimum absolute atomic E-state index is 0.0834. The van der Waals surface area contributed by atoms with Crippen molar-refractivity contribution in [3.63, 3.8) is 0 Å². The van der Waals surface area contributed by atoms with E-state index < -0.39 is 34.7 Å². The highest BCUT2D eigenvalue weighted by atomic mass is 35.5. The number of aromatic hydroxyl groups is 1. The first-order chi connectivity index (χ1) is 26.5. The number of aromatic nitrogens is 2. The number of nitrogens with one attached hydrogen (secondary N) is 1. The zero-order valence-electron chi connectivity index (χ0n) is 33.1. The molecule has 4 aliphatic rings. The number of allylic oxidation sites excluding steroid dienone is 1. The summed E-state index contributed by atoms with van der Waals surface area (Å²) in [6, 6.07) is 4.77. The number of oxazole rings is 1. The SMILES string of the molecule is C=C[C@@H]1CC1(CC(=O)[C@@H]1CC(Cc2cc(-c3coc(NC(C)C)n3)nc3c(Cl)c(O)ccc23)CN1C(=O)[C@@H](CC(=O)OC1C[C@@H]2C[C@@H]2C1)C(C)(C)C)C(=O)OC. The Hall–Kier alpha value is -4.45. The number of carbonyl (C=O) groups excluding carboxylic acids is 4. The number of pyridine rings is 1. The van der Waals surface area contributed by atoms with E-state index in [1.54, 1.807) is 17.0 Å². The molecule has 1 saturated heterocycles. The number of fused-ring (bicyclic) bond motifs is 2. The third-order valence-electron chi connectivity index (χ3n) is 12.4. The molecular weight excluding hydrogens is 736 g/mol. The monoisotopic (exact) mass is 788 g/mol. The van der Waals surface area contributed by atoms with Gasteiger partial charge in [0, 0.05) is 24.4 Å². The van der Waals surface area contributed by atoms with Gasteiger partial charge in [-0.15, -0.1) is 6.58 Å². The van der Waals surface area contributed by atoms with Crippen molar-refractivity contribution in [1.29, 1.82) is 0 Å². The van der Waals surface area contributed by atoms with E-state index >= 15 is 0 Å². The summed E-state index contributed by atoms with van der Waals surface area (Å²) in [6.45, 7) is 13.8. The molecule has 3 heterocycles. The lowest BCUT2D eigenvalue weighted by Gasteiger charge is -2.35. The third kappa shape index (κ3) is 7.91. The van der Waals surface area contributed by atoms with Crippen LogP contribution in [0.5, 0.6) is 5.75 Å². The van der Waals surface area contributed by atoms with Crippen molar-refractivity contribution in [3.05, 3.63) is 47.7 Å². The Balaban J connectivity index is 1.20. The second kappa shape index (κ2) is 15.1. The molecule has 0 bridgehead atoms. The van der Waals surface area contributed by atoms with Crippen LogP contribution < -0.4 is 5.32 Å². The number of phenolic OH excluding ortho intramolecular Hbond substituents is 1. The standard InChI is InChI=1S/C43H53ClN4O8/c1-8-27-18-43(27,40(53)54-7)19-35(50)33-12-23(20-48(33)39(52)30(42(4,5)6)17-36(51)56-28-14-24-13-25(24)15-28)11-26-16-31(32-21-55-41(47-32)45-22(2)3)46-38-29(26)9-10-34(49)37(38)44/h8-10,16,21-25,27-28,30,33,49H,1,11-15,17-20H2,2-7H3,(H,45,47)/t23?,24-,25+,27-,28?,30-,33+,43?/m1/s1. The van der Waals surface area contributed by atoms with Crippen LogP contribution in [0.3, 0.4) is 0 Å². The lowest BCUT2D eigenvalue weighted by molar-refractivity contribution is -0.157. The number of ether oxygens (including phenoxy) is 2. The average molecular weight is 789 g/mol. The molecule has 0 spiro atoms. The van der Waals surface area contributed by atoms with Crippen molar-refractivity contribution >= 4 is 52.1 Å². The van der Waals surface area contributed by atoms with Crippen LogP contribution in [0.25, 0.3) is 22.3 Å². The van der Waals surface area contributed by atoms with Gasteiger partial charge < -0.3 is 29.2 Å². The number of ketones is 1. The molecule has 56 heavy (non-hydrogen) atoms. The molecule has 13 heteroatoms. The number of phenols is 1. The number of hydrogen-bond donors (Lipinski definition) is 2. The molecule has 3 aromatic rings. The van der Waals surface area contributed by atoms with E-state index in [1.807, 2.05) is 40.7 Å². The molecule has 1 aliphatic heterocycles. The zero-order valence-corrected chi connectivity index (χ0v) is 33.9. The second-order valence-electron chi connectivity index (χ2n) is 17.9. The van der Waals surface area contributed by atoms with Crippen molar-refractivity contribution in [2.75, 3.05) is 19.0 Å². The van der Waals surface area contributed by atoms with E-state index in [0.29, 0.717) is 59.4 Å². The van der Waals surface area contributed by atoms with Crippen LogP contribution in [0.2, 0.25) is 5.02 Å². The van der Waals surface area contributed by atoms with E-state index in [0.717, 1.165) is 18.4 Å². The summed E-state index contributed by atoms with van der Waals surface area (Å²) in [5.41, 5.74) is 0.543. The Kier molecular flexibility index (Phi) is 10.8. The van der Waals surface area contributed by atoms with E-state index in [-0.39, 0.29) is 65.8 Å². The fraction of sp³-hybridized carbons (Fsp3) is 0.581. The summed E-state index contributed by atoms with van der Waals surface area (Å²) >= 11 is 6.64. The molecule has 3 saturated carbocycles. The van der Waals surface area contributed by atoms with Crippen LogP contribution in [0.4, 0.5) is 6.01 Å². The first-order valence-corrected chi connectivity index (χ1v) is 20.2. The van der Waals surface area contributed by atoms with Gasteiger partial charge in [-0.3, -0.25) is 19.2 Å². The number of rotatable bonds is 14. The van der Waals surface area contributed by atoms with Crippen molar-refractivity contribution < 1.29 is 38.2 Å². The first-order valence-electron chi connectivity index (χ1n) is 19.8. The minimum Gasteiger partial charge on any atom is -0.506 e. The van der Waals surface area contributed by atoms with Gasteiger partial charge in [0.05, 0.1) is 42.1 Å². The number of esters is 2. The number of Topliss-reactive ketones (excluding diaryl/α,β-unsaturated/α-hetero) is 1. The molecule has 4 fully saturated rings. The molecule has 2 aromatic heterocycles. The van der Waals surface area contributed by atoms with E-state index in [1.165, 1.54) is 25.9 Å². The Labute approximate surface area is 332 Å². The lowest BCUT2D eigenvalue weighted by Crippen LogP contribution is -2.48. The molecule has 12 nitrogen and oxygen atoms in total. The topological polar surface area (TPSA) is 161 Å². The number of amides is 1. The predicted molar refractivity (Wildman–Crippen MR) is 211 cm³/mol. The molecule has 3 unspecified atom stereocenters. The number of anilines is 1. The number of hydrogen-bond acceptors (Lipinski definition) is 11. The summed E-state index contributed by atoms with van der Waals surface area (Å²) in [6.07, 6.45) is 7.09. The van der Waals surface area contributed by atoms with Gasteiger partial charge in [0.25, 0.3) is 6.01 Å². The maximum Gasteiger partial charge on any atom is 0.312 e. The molecule has 3 aliphatic carbocycles. The number of methoxy groups -OCH3 is 1. The summed E-state index contributed by atoms with van der Waals surface area (Å²) in [5.74, 6) is -1.33. The maximum absolute atomic E-state index is 14.8. The molecule has 8 atom stereocenters. The lowest BCUT2D eigenvalue weighted by atomic mass is 9.77. The van der Waals surface area contributed by atoms with Crippen LogP contribution in [-0.2, 0) is 35.1 Å². The van der Waals surface area contributed by atoms with Crippen LogP contribution in [0, 0.1) is 40.4 Å². The van der Waals surface area contributed by atoms with Crippen molar-refractivity contribution in [1.82, 2.24) is 14.9 Å². The van der Waals surface area contributed by atoms with E-state index in [4.69, 9.17) is 30.5 Å². The quantitative estimate of drug-likeness (QED) is 0.123. The van der Waals surface area contributed by atoms with Gasteiger partial charge in [-0.2, -0.15) is 4.98 Å². The molecular formula is C43H53ClN4O8. The summed E-state index contributed by atoms with van der Waals surface area (Å²) < 4.78 is 16.7. The molecule has 300 valence electrons. The predicted octanol–water partition coefficient (Wildman–Crippen LogP) is 7.55. The van der Waals surface area contributed by atoms with Gasteiger partial charge in [0.1, 0.15) is 28.8 Å². The maximum atomic E-state index is 14.8. The third-order valence-corrected chi connectivity index (χ3v) is 12.8. The largest absolute Gasteiger partial charge is 0.506 e. The number of benzene rings is 1. The van der Waals surface area contributed by atoms with Crippen LogP contribution >= 0.6 is 11.6 Å². The van der Waals surface area contributed by atoms with Crippen molar-refractivity contribution in [3.8, 4) is 17.1 Å². The average Bonchev–Trinajstić information content (AvgIpc) is 3.80. The van der Waals surface area contributed by atoms with Gasteiger partial charge in [-0.25, -0.2) is 4.98 Å². The van der Waals surface area contributed by atoms with Gasteiger partial charge in [0.2, 0.25) is 5.91 Å². The van der Waals surface area contributed by atoms with E-state index in [9.17, 15) is 24.3 Å². The highest BCUT2D eigenvalue weighted by Crippen LogP contribution is 2.57. The summed E-state index contributed by atoms with van der Waals surface area (Å²) in [7, 11) is 1.32. The van der Waals surface area contributed by atoms with Gasteiger partial charge in [-0.05, 0) is 105 Å². The first kappa shape index (κ1) is 39.8. The minimum atomic E-state index is -1.01. The Morgan fingerprint density at radius 2 is 1.86 bits per heavy atom. The highest BCUT2D eigenvalue weighted by molar-refractivity contribution is 6.36. The Morgan fingerprint density at radius 1 is 1.12 bits per heavy atom. The Morgan fingerprint density at radius 3 is 2.50 bits per heavy atom. The van der Waals surface area contributed by atoms with Gasteiger partial charge in [-0.1, -0.05) is 38.4 Å². The van der Waals surface area contributed by atoms with Crippen LogP contribution in [-0.4, -0.2) is 75.4 Å². The van der Waals surface area contributed by atoms with E-state index in [2.05, 4.69) is 16.9 Å². The zero-order chi connectivity index (χ0) is 40.3. The fourth-order valence-corrected chi connectivity index (χ4v) is 9.37. The summed E-state index contributed by atoms with van der Waals surface area (Å²) in [4.78, 5) is 66.7. The number of carbonyl (C=O) groups is 4. The second-order valence-corrected chi connectivity index (χ2v) is 18.3. The van der Waals surface area contributed by atoms with Crippen molar-refractivity contribution in [2.24, 2.45) is 40.4 Å². The van der Waals surface area contributed by atoms with Gasteiger partial charge >= 0.3 is 11.9 Å². The molecule has 1 aromatic carbocycles. The van der Waals surface area contributed by atoms with Crippen LogP contribution in [0.15, 0.2) is 41.5 Å². The summed E-state index contributed by atoms with van der Waals surface area (Å²) in [5, 5.41) is 14.5. The molecule has 2 N–H and O–H groups in total. The molecule has 7 rings (SSSR count). The molecule has 0 radical (unpaired) electrons. The normalized spacial score (nSPS) is 27.2. The number of halogens is 1. The number of likely N-dealkylation sites (tertiary alicyclic amines) is 1. The van der Waals surface area contributed by atoms with Crippen LogP contribution in [0.1, 0.15) is 85.1 Å². The highest BCUT2D eigenvalue weighted by Gasteiger charge is 2.61. The van der Waals surface area contributed by atoms with Crippen molar-refractivity contribution in [2.45, 2.75) is 104 Å². The number of nitrogens with zero attached hydrogens (tertiary/aromatic N) is 3.